The summed E-state index contributed by atoms with van der Waals surface area (Å²) < 4.78 is 6.82. The highest BCUT2D eigenvalue weighted by atomic mass is 32.1. The molecule has 2 aromatic heterocycles. The van der Waals surface area contributed by atoms with Crippen molar-refractivity contribution in [1.82, 2.24) is 19.7 Å². The molecule has 30 heavy (non-hydrogen) atoms. The van der Waals surface area contributed by atoms with Crippen LogP contribution in [-0.4, -0.2) is 51.9 Å². The van der Waals surface area contributed by atoms with Gasteiger partial charge in [0.2, 0.25) is 0 Å². The van der Waals surface area contributed by atoms with E-state index in [2.05, 4.69) is 26.4 Å². The van der Waals surface area contributed by atoms with Crippen LogP contribution in [0.25, 0.3) is 11.6 Å². The Hall–Kier alpha value is -3.01. The molecule has 9 heteroatoms. The van der Waals surface area contributed by atoms with Crippen molar-refractivity contribution in [1.29, 1.82) is 0 Å². The lowest BCUT2D eigenvalue weighted by Crippen LogP contribution is -2.35. The molecular formula is C21H21N5O3S. The summed E-state index contributed by atoms with van der Waals surface area (Å²) in [6.45, 7) is 4.65. The maximum atomic E-state index is 12.6. The summed E-state index contributed by atoms with van der Waals surface area (Å²) in [6, 6.07) is 7.80. The first-order valence-electron chi connectivity index (χ1n) is 9.80. The Morgan fingerprint density at radius 3 is 2.80 bits per heavy atom. The average Bonchev–Trinajstić information content (AvgIpc) is 3.44. The number of nitrogens with zero attached hydrogens (tertiary/aromatic N) is 3. The summed E-state index contributed by atoms with van der Waals surface area (Å²) in [4.78, 5) is 29.9. The van der Waals surface area contributed by atoms with Crippen LogP contribution in [0.5, 0.6) is 0 Å². The Kier molecular flexibility index (Phi) is 5.07. The zero-order valence-electron chi connectivity index (χ0n) is 16.3. The highest BCUT2D eigenvalue weighted by Gasteiger charge is 2.24. The van der Waals surface area contributed by atoms with Gasteiger partial charge in [-0.25, -0.2) is 4.68 Å². The Morgan fingerprint density at radius 2 is 2.00 bits per heavy atom. The predicted molar refractivity (Wildman–Crippen MR) is 115 cm³/mol. The number of morpholine rings is 1. The van der Waals surface area contributed by atoms with Crippen LogP contribution in [0.1, 0.15) is 22.4 Å². The Morgan fingerprint density at radius 1 is 1.13 bits per heavy atom. The van der Waals surface area contributed by atoms with Crippen molar-refractivity contribution in [3.8, 4) is 0 Å². The standard InChI is InChI=1S/C21H21N5O3S/c27-20-18(9-16-7-15(10-22-16)11-25-3-5-29-6-4-25)17-8-14(1-2-19(17)24-20)12-26-21(28)30-13-23-26/h1-2,7-10,13,22H,3-6,11-12H2,(H,24,27)/b18-9-. The molecule has 5 rings (SSSR count). The normalized spacial score (nSPS) is 18.0. The van der Waals surface area contributed by atoms with E-state index in [1.807, 2.05) is 30.5 Å². The highest BCUT2D eigenvalue weighted by Crippen LogP contribution is 2.34. The van der Waals surface area contributed by atoms with Crippen molar-refractivity contribution < 1.29 is 9.53 Å². The zero-order chi connectivity index (χ0) is 20.5. The molecule has 0 atom stereocenters. The van der Waals surface area contributed by atoms with E-state index >= 15 is 0 Å². The Bertz CT molecular complexity index is 1170. The third-order valence-corrected chi connectivity index (χ3v) is 5.94. The summed E-state index contributed by atoms with van der Waals surface area (Å²) in [7, 11) is 0. The van der Waals surface area contributed by atoms with Crippen LogP contribution in [-0.2, 0) is 22.6 Å². The lowest BCUT2D eigenvalue weighted by Gasteiger charge is -2.25. The minimum Gasteiger partial charge on any atom is -0.379 e. The van der Waals surface area contributed by atoms with E-state index in [1.165, 1.54) is 15.8 Å². The van der Waals surface area contributed by atoms with E-state index in [1.54, 1.807) is 0 Å². The van der Waals surface area contributed by atoms with E-state index in [9.17, 15) is 9.59 Å². The molecule has 1 aromatic carbocycles. The third kappa shape index (κ3) is 3.87. The summed E-state index contributed by atoms with van der Waals surface area (Å²) in [5.74, 6) is -0.127. The number of aromatic amines is 1. The fourth-order valence-electron chi connectivity index (χ4n) is 3.80. The SMILES string of the molecule is O=C1Nc2ccc(Cn3ncsc3=O)cc2/C1=C/c1cc(CN2CCOCC2)c[nH]1. The van der Waals surface area contributed by atoms with Gasteiger partial charge in [-0.3, -0.25) is 14.5 Å². The van der Waals surface area contributed by atoms with Crippen LogP contribution < -0.4 is 10.2 Å². The summed E-state index contributed by atoms with van der Waals surface area (Å²) in [5, 5.41) is 6.98. The summed E-state index contributed by atoms with van der Waals surface area (Å²) >= 11 is 1.07. The van der Waals surface area contributed by atoms with Crippen LogP contribution in [0.4, 0.5) is 5.69 Å². The molecule has 1 saturated heterocycles. The van der Waals surface area contributed by atoms with Crippen LogP contribution in [0.15, 0.2) is 40.8 Å². The van der Waals surface area contributed by atoms with Crippen LogP contribution in [0, 0.1) is 0 Å². The molecule has 154 valence electrons. The van der Waals surface area contributed by atoms with E-state index in [4.69, 9.17) is 4.74 Å². The monoisotopic (exact) mass is 423 g/mol. The van der Waals surface area contributed by atoms with E-state index in [0.717, 1.165) is 66.7 Å². The van der Waals surface area contributed by atoms with Gasteiger partial charge < -0.3 is 15.0 Å². The molecule has 4 heterocycles. The molecule has 8 nitrogen and oxygen atoms in total. The number of ether oxygens (including phenoxy) is 1. The number of nitrogens with one attached hydrogen (secondary N) is 2. The molecular weight excluding hydrogens is 402 g/mol. The number of carbonyl (C=O) groups is 1. The zero-order valence-corrected chi connectivity index (χ0v) is 17.1. The number of carbonyl (C=O) groups excluding carboxylic acids is 1. The average molecular weight is 423 g/mol. The molecule has 3 aromatic rings. The van der Waals surface area contributed by atoms with Crippen molar-refractivity contribution in [2.24, 2.45) is 0 Å². The summed E-state index contributed by atoms with van der Waals surface area (Å²) in [6.07, 6.45) is 3.86. The molecule has 0 spiro atoms. The molecule has 1 fully saturated rings. The number of amides is 1. The number of benzene rings is 1. The minimum atomic E-state index is -0.127. The van der Waals surface area contributed by atoms with Crippen molar-refractivity contribution >= 4 is 34.6 Å². The van der Waals surface area contributed by atoms with Crippen LogP contribution in [0.3, 0.4) is 0 Å². The van der Waals surface area contributed by atoms with Crippen molar-refractivity contribution in [2.75, 3.05) is 31.6 Å². The number of rotatable bonds is 5. The van der Waals surface area contributed by atoms with Gasteiger partial charge in [-0.05, 0) is 35.4 Å². The second-order valence-corrected chi connectivity index (χ2v) is 8.20. The first-order valence-corrected chi connectivity index (χ1v) is 10.7. The topological polar surface area (TPSA) is 92.2 Å². The predicted octanol–water partition coefficient (Wildman–Crippen LogP) is 2.01. The lowest BCUT2D eigenvalue weighted by molar-refractivity contribution is -0.110. The molecule has 2 N–H and O–H groups in total. The Labute approximate surface area is 176 Å². The first kappa shape index (κ1) is 19.0. The van der Waals surface area contributed by atoms with Gasteiger partial charge in [-0.2, -0.15) is 5.10 Å². The van der Waals surface area contributed by atoms with Crippen LogP contribution in [0.2, 0.25) is 0 Å². The molecule has 0 radical (unpaired) electrons. The molecule has 0 bridgehead atoms. The van der Waals surface area contributed by atoms with Gasteiger partial charge in [0.25, 0.3) is 5.91 Å². The van der Waals surface area contributed by atoms with Crippen molar-refractivity contribution in [3.63, 3.8) is 0 Å². The molecule has 0 aliphatic carbocycles. The fourth-order valence-corrected chi connectivity index (χ4v) is 4.28. The second kappa shape index (κ2) is 8.02. The number of hydrogen-bond donors (Lipinski definition) is 2. The third-order valence-electron chi connectivity index (χ3n) is 5.32. The lowest BCUT2D eigenvalue weighted by atomic mass is 10.0. The molecule has 0 unspecified atom stereocenters. The largest absolute Gasteiger partial charge is 0.379 e. The summed E-state index contributed by atoms with van der Waals surface area (Å²) in [5.41, 5.74) is 6.74. The smallest absolute Gasteiger partial charge is 0.325 e. The van der Waals surface area contributed by atoms with Gasteiger partial charge in [0.1, 0.15) is 5.51 Å². The van der Waals surface area contributed by atoms with E-state index < -0.39 is 0 Å². The van der Waals surface area contributed by atoms with Crippen LogP contribution >= 0.6 is 11.3 Å². The molecule has 2 aliphatic rings. The minimum absolute atomic E-state index is 0.0975. The second-order valence-electron chi connectivity index (χ2n) is 7.41. The van der Waals surface area contributed by atoms with Gasteiger partial charge in [0.05, 0.1) is 25.3 Å². The molecule has 1 amide bonds. The number of anilines is 1. The maximum absolute atomic E-state index is 12.6. The van der Waals surface area contributed by atoms with Crippen molar-refractivity contribution in [2.45, 2.75) is 13.1 Å². The number of hydrogen-bond acceptors (Lipinski definition) is 6. The molecule has 0 saturated carbocycles. The Balaban J connectivity index is 1.38. The van der Waals surface area contributed by atoms with E-state index in [0.29, 0.717) is 12.1 Å². The molecule has 2 aliphatic heterocycles. The fraction of sp³-hybridized carbons (Fsp3) is 0.286. The van der Waals surface area contributed by atoms with Gasteiger partial charge in [-0.15, -0.1) is 0 Å². The van der Waals surface area contributed by atoms with Gasteiger partial charge in [0, 0.05) is 42.8 Å². The number of H-pyrrole nitrogens is 1. The van der Waals surface area contributed by atoms with Gasteiger partial charge in [-0.1, -0.05) is 17.4 Å². The van der Waals surface area contributed by atoms with E-state index in [-0.39, 0.29) is 10.8 Å². The number of fused-ring (bicyclic) bond motifs is 1. The van der Waals surface area contributed by atoms with Crippen molar-refractivity contribution in [3.05, 3.63) is 68.0 Å². The highest BCUT2D eigenvalue weighted by molar-refractivity contribution is 7.06. The number of aromatic nitrogens is 3. The van der Waals surface area contributed by atoms with Gasteiger partial charge >= 0.3 is 4.87 Å². The maximum Gasteiger partial charge on any atom is 0.325 e. The van der Waals surface area contributed by atoms with Gasteiger partial charge in [0.15, 0.2) is 0 Å². The quantitative estimate of drug-likeness (QED) is 0.613. The first-order chi connectivity index (χ1) is 14.7.